The van der Waals surface area contributed by atoms with E-state index in [1.807, 2.05) is 0 Å². The minimum Gasteiger partial charge on any atom is -0.508 e. The quantitative estimate of drug-likeness (QED) is 0.706. The fourth-order valence-electron chi connectivity index (χ4n) is 1.77. The van der Waals surface area contributed by atoms with Crippen LogP contribution in [0.4, 0.5) is 0 Å². The van der Waals surface area contributed by atoms with Gasteiger partial charge in [0.15, 0.2) is 0 Å². The van der Waals surface area contributed by atoms with E-state index in [0.717, 1.165) is 0 Å². The number of aromatic hydroxyl groups is 2. The van der Waals surface area contributed by atoms with Crippen molar-refractivity contribution in [2.45, 2.75) is 0 Å². The Labute approximate surface area is 119 Å². The summed E-state index contributed by atoms with van der Waals surface area (Å²) in [5.41, 5.74) is 0.970. The van der Waals surface area contributed by atoms with E-state index in [1.54, 1.807) is 24.3 Å². The summed E-state index contributed by atoms with van der Waals surface area (Å²) in [7, 11) is 0. The second-order valence-corrected chi connectivity index (χ2v) is 4.57. The van der Waals surface area contributed by atoms with Crippen LogP contribution in [0, 0.1) is 0 Å². The van der Waals surface area contributed by atoms with Gasteiger partial charge >= 0.3 is 0 Å². The molecule has 0 amide bonds. The maximum Gasteiger partial charge on any atom is 0.262 e. The topological polar surface area (TPSA) is 79.4 Å². The minimum atomic E-state index is -0.0518. The van der Waals surface area contributed by atoms with Gasteiger partial charge in [0.2, 0.25) is 5.82 Å². The number of nitrogens with zero attached hydrogens (tertiary/aromatic N) is 2. The zero-order chi connectivity index (χ0) is 14.1. The Hall–Kier alpha value is -2.53. The molecule has 0 unspecified atom stereocenters. The fourth-order valence-corrected chi connectivity index (χ4v) is 1.96. The lowest BCUT2D eigenvalue weighted by Crippen LogP contribution is -1.82. The molecular formula is C14H9ClN2O3. The third-order valence-electron chi connectivity index (χ3n) is 2.72. The molecule has 3 rings (SSSR count). The van der Waals surface area contributed by atoms with Crippen LogP contribution in [0.5, 0.6) is 11.5 Å². The molecule has 1 aromatic heterocycles. The average Bonchev–Trinajstić information content (AvgIpc) is 2.91. The molecule has 6 heteroatoms. The molecule has 0 saturated heterocycles. The summed E-state index contributed by atoms with van der Waals surface area (Å²) in [4.78, 5) is 4.19. The predicted octanol–water partition coefficient (Wildman–Crippen LogP) is 3.47. The third kappa shape index (κ3) is 2.31. The predicted molar refractivity (Wildman–Crippen MR) is 73.5 cm³/mol. The number of phenolic OH excluding ortho intramolecular Hbond substituents is 2. The third-order valence-corrected chi connectivity index (χ3v) is 2.95. The largest absolute Gasteiger partial charge is 0.508 e. The van der Waals surface area contributed by atoms with Gasteiger partial charge in [-0.25, -0.2) is 0 Å². The first-order valence-corrected chi connectivity index (χ1v) is 6.13. The van der Waals surface area contributed by atoms with Gasteiger partial charge in [-0.05, 0) is 30.3 Å². The van der Waals surface area contributed by atoms with Crippen molar-refractivity contribution in [1.82, 2.24) is 10.1 Å². The highest BCUT2D eigenvalue weighted by molar-refractivity contribution is 6.30. The van der Waals surface area contributed by atoms with Crippen LogP contribution in [0.2, 0.25) is 5.02 Å². The van der Waals surface area contributed by atoms with E-state index in [9.17, 15) is 10.2 Å². The van der Waals surface area contributed by atoms with Crippen molar-refractivity contribution in [3.63, 3.8) is 0 Å². The lowest BCUT2D eigenvalue weighted by atomic mass is 10.2. The van der Waals surface area contributed by atoms with Crippen molar-refractivity contribution >= 4 is 11.6 Å². The van der Waals surface area contributed by atoms with Crippen molar-refractivity contribution in [3.8, 4) is 34.3 Å². The number of benzene rings is 2. The Morgan fingerprint density at radius 2 is 1.90 bits per heavy atom. The summed E-state index contributed by atoms with van der Waals surface area (Å²) in [6.45, 7) is 0. The van der Waals surface area contributed by atoms with Gasteiger partial charge in [-0.15, -0.1) is 0 Å². The van der Waals surface area contributed by atoms with Gasteiger partial charge in [0.25, 0.3) is 5.89 Å². The highest BCUT2D eigenvalue weighted by Gasteiger charge is 2.14. The number of phenols is 2. The van der Waals surface area contributed by atoms with Crippen LogP contribution in [0.3, 0.4) is 0 Å². The highest BCUT2D eigenvalue weighted by Crippen LogP contribution is 2.32. The van der Waals surface area contributed by atoms with Crippen LogP contribution in [-0.2, 0) is 0 Å². The summed E-state index contributed by atoms with van der Waals surface area (Å²) < 4.78 is 5.11. The van der Waals surface area contributed by atoms with Crippen molar-refractivity contribution in [3.05, 3.63) is 47.5 Å². The normalized spacial score (nSPS) is 10.7. The monoisotopic (exact) mass is 288 g/mol. The molecule has 2 N–H and O–H groups in total. The lowest BCUT2D eigenvalue weighted by molar-refractivity contribution is 0.423. The summed E-state index contributed by atoms with van der Waals surface area (Å²) in [6, 6.07) is 11.1. The van der Waals surface area contributed by atoms with E-state index >= 15 is 0 Å². The molecule has 20 heavy (non-hydrogen) atoms. The van der Waals surface area contributed by atoms with Gasteiger partial charge in [0, 0.05) is 10.6 Å². The molecule has 100 valence electrons. The number of hydrogen-bond donors (Lipinski definition) is 2. The first-order valence-electron chi connectivity index (χ1n) is 5.75. The van der Waals surface area contributed by atoms with E-state index in [4.69, 9.17) is 16.1 Å². The van der Waals surface area contributed by atoms with Gasteiger partial charge in [0.05, 0.1) is 5.56 Å². The smallest absolute Gasteiger partial charge is 0.262 e. The first-order chi connectivity index (χ1) is 9.63. The number of hydrogen-bond acceptors (Lipinski definition) is 5. The van der Waals surface area contributed by atoms with Gasteiger partial charge in [0.1, 0.15) is 11.5 Å². The van der Waals surface area contributed by atoms with Crippen LogP contribution in [0.15, 0.2) is 47.0 Å². The molecule has 0 aliphatic carbocycles. The molecule has 0 atom stereocenters. The molecule has 0 saturated carbocycles. The number of aromatic nitrogens is 2. The van der Waals surface area contributed by atoms with E-state index in [1.165, 1.54) is 18.2 Å². The minimum absolute atomic E-state index is 0.000283. The maximum atomic E-state index is 9.75. The van der Waals surface area contributed by atoms with E-state index in [0.29, 0.717) is 16.4 Å². The average molecular weight is 289 g/mol. The Morgan fingerprint density at radius 1 is 1.05 bits per heavy atom. The standard InChI is InChI=1S/C14H9ClN2O3/c15-9-3-1-2-8(6-9)13-16-14(20-17-13)11-7-10(18)4-5-12(11)19/h1-7,18-19H. The van der Waals surface area contributed by atoms with E-state index < -0.39 is 0 Å². The Morgan fingerprint density at radius 3 is 2.70 bits per heavy atom. The Bertz CT molecular complexity index is 771. The van der Waals surface area contributed by atoms with Crippen molar-refractivity contribution in [2.24, 2.45) is 0 Å². The zero-order valence-electron chi connectivity index (χ0n) is 10.1. The first kappa shape index (κ1) is 12.5. The summed E-state index contributed by atoms with van der Waals surface area (Å²) >= 11 is 5.91. The van der Waals surface area contributed by atoms with Crippen molar-refractivity contribution in [1.29, 1.82) is 0 Å². The summed E-state index contributed by atoms with van der Waals surface area (Å²) in [6.07, 6.45) is 0. The molecular weight excluding hydrogens is 280 g/mol. The maximum absolute atomic E-state index is 9.75. The number of halogens is 1. The Balaban J connectivity index is 2.04. The SMILES string of the molecule is Oc1ccc(O)c(-c2nc(-c3cccc(Cl)c3)no2)c1. The second kappa shape index (κ2) is 4.86. The fraction of sp³-hybridized carbons (Fsp3) is 0. The second-order valence-electron chi connectivity index (χ2n) is 4.13. The summed E-state index contributed by atoms with van der Waals surface area (Å²) in [5.74, 6) is 0.419. The van der Waals surface area contributed by atoms with Gasteiger partial charge in [-0.1, -0.05) is 28.9 Å². The van der Waals surface area contributed by atoms with Gasteiger partial charge < -0.3 is 14.7 Å². The number of rotatable bonds is 2. The van der Waals surface area contributed by atoms with E-state index in [2.05, 4.69) is 10.1 Å². The molecule has 0 aliphatic heterocycles. The van der Waals surface area contributed by atoms with Gasteiger partial charge in [-0.2, -0.15) is 4.98 Å². The molecule has 2 aromatic carbocycles. The van der Waals surface area contributed by atoms with Gasteiger partial charge in [-0.3, -0.25) is 0 Å². The van der Waals surface area contributed by atoms with Crippen LogP contribution < -0.4 is 0 Å². The molecule has 0 spiro atoms. The summed E-state index contributed by atoms with van der Waals surface area (Å²) in [5, 5.41) is 23.6. The molecule has 0 fully saturated rings. The van der Waals surface area contributed by atoms with Crippen LogP contribution in [-0.4, -0.2) is 20.4 Å². The molecule has 0 bridgehead atoms. The molecule has 3 aromatic rings. The molecule has 1 heterocycles. The zero-order valence-corrected chi connectivity index (χ0v) is 10.9. The van der Waals surface area contributed by atoms with Crippen LogP contribution in [0.25, 0.3) is 22.8 Å². The Kier molecular flexibility index (Phi) is 3.04. The molecule has 0 radical (unpaired) electrons. The molecule has 5 nitrogen and oxygen atoms in total. The van der Waals surface area contributed by atoms with Crippen LogP contribution >= 0.6 is 11.6 Å². The van der Waals surface area contributed by atoms with Crippen molar-refractivity contribution < 1.29 is 14.7 Å². The lowest BCUT2D eigenvalue weighted by Gasteiger charge is -1.99. The highest BCUT2D eigenvalue weighted by atomic mass is 35.5. The van der Waals surface area contributed by atoms with Crippen LogP contribution in [0.1, 0.15) is 0 Å². The molecule has 0 aliphatic rings. The van der Waals surface area contributed by atoms with Crippen molar-refractivity contribution in [2.75, 3.05) is 0 Å². The van der Waals surface area contributed by atoms with E-state index in [-0.39, 0.29) is 23.0 Å².